The van der Waals surface area contributed by atoms with Crippen LogP contribution in [0, 0.1) is 47.1 Å². The van der Waals surface area contributed by atoms with Gasteiger partial charge in [-0.3, -0.25) is 0 Å². The number of hydrogen-bond donors (Lipinski definition) is 0. The first-order valence-electron chi connectivity index (χ1n) is 15.2. The molecule has 3 rings (SSSR count). The number of hydrogen-bond acceptors (Lipinski definition) is 5. The zero-order chi connectivity index (χ0) is 31.6. The van der Waals surface area contributed by atoms with Crippen LogP contribution in [-0.4, -0.2) is 36.6 Å². The zero-order valence-electron chi connectivity index (χ0n) is 27.0. The van der Waals surface area contributed by atoms with E-state index in [0.29, 0.717) is 44.8 Å². The van der Waals surface area contributed by atoms with Crippen molar-refractivity contribution < 1.29 is 23.7 Å². The van der Waals surface area contributed by atoms with E-state index in [4.69, 9.17) is 30.1 Å². The van der Waals surface area contributed by atoms with Crippen LogP contribution in [0.5, 0.6) is 0 Å². The molecule has 1 fully saturated rings. The number of rotatable bonds is 16. The Kier molecular flexibility index (Phi) is 12.7. The predicted octanol–water partition coefficient (Wildman–Crippen LogP) is 8.30. The van der Waals surface area contributed by atoms with Gasteiger partial charge in [-0.2, -0.15) is 0 Å². The van der Waals surface area contributed by atoms with Gasteiger partial charge in [-0.1, -0.05) is 55.5 Å². The second-order valence-electron chi connectivity index (χ2n) is 11.7. The van der Waals surface area contributed by atoms with Crippen LogP contribution in [-0.2, 0) is 36.9 Å². The molecule has 0 aromatic heterocycles. The minimum absolute atomic E-state index is 0.329. The van der Waals surface area contributed by atoms with Gasteiger partial charge < -0.3 is 23.7 Å². The fraction of sp³-hybridized carbons (Fsp3) is 0.474. The van der Waals surface area contributed by atoms with E-state index in [-0.39, 0.29) is 12.2 Å². The number of terminal acetylenes is 1. The van der Waals surface area contributed by atoms with E-state index in [1.54, 1.807) is 0 Å². The summed E-state index contributed by atoms with van der Waals surface area (Å²) in [5, 5.41) is 0. The monoisotopic (exact) mass is 586 g/mol. The van der Waals surface area contributed by atoms with E-state index in [1.807, 2.05) is 49.4 Å². The molecule has 1 aliphatic heterocycles. The Morgan fingerprint density at radius 2 is 1.58 bits per heavy atom. The molecular weight excluding hydrogens is 536 g/mol. The largest absolute Gasteiger partial charge is 0.490 e. The van der Waals surface area contributed by atoms with Gasteiger partial charge in [-0.25, -0.2) is 0 Å². The van der Waals surface area contributed by atoms with Crippen molar-refractivity contribution in [1.29, 1.82) is 0 Å². The molecule has 0 bridgehead atoms. The van der Waals surface area contributed by atoms with E-state index in [9.17, 15) is 0 Å². The lowest BCUT2D eigenvalue weighted by molar-refractivity contribution is -0.277. The zero-order valence-corrected chi connectivity index (χ0v) is 27.0. The maximum Gasteiger partial charge on any atom is 0.174 e. The lowest BCUT2D eigenvalue weighted by Gasteiger charge is -2.51. The molecule has 0 N–H and O–H groups in total. The molecule has 0 unspecified atom stereocenters. The standard InChI is InChI=1S/C38H50O5/c1-11-18-34-36(42-26(4)20-17-23-39-25-33-30(8)28(6)27(5)29(7)31(33)9)37(40-24-32-21-15-14-16-22-32)38(10,41-13-3)35(43-34)19-12-2/h3,11-12,14-16,21-22,34-37H,1-2,4,17-20,23-25H2,5-10H3/t34-,35+,36-,37+,38+/m1/s1. The summed E-state index contributed by atoms with van der Waals surface area (Å²) in [6.07, 6.45) is 12.5. The quantitative estimate of drug-likeness (QED) is 0.0857. The molecule has 0 radical (unpaired) electrons. The van der Waals surface area contributed by atoms with Crippen molar-refractivity contribution in [2.45, 2.75) is 110 Å². The molecule has 5 heteroatoms. The topological polar surface area (TPSA) is 46.2 Å². The molecule has 0 aliphatic carbocycles. The second-order valence-corrected chi connectivity index (χ2v) is 11.7. The second kappa shape index (κ2) is 16.0. The van der Waals surface area contributed by atoms with E-state index in [2.05, 4.69) is 60.5 Å². The highest BCUT2D eigenvalue weighted by Crippen LogP contribution is 2.40. The summed E-state index contributed by atoms with van der Waals surface area (Å²) in [6.45, 7) is 26.5. The Bertz CT molecular complexity index is 1260. The van der Waals surface area contributed by atoms with Gasteiger partial charge in [-0.05, 0) is 99.7 Å². The first-order valence-corrected chi connectivity index (χ1v) is 15.2. The van der Waals surface area contributed by atoms with E-state index in [1.165, 1.54) is 33.4 Å². The van der Waals surface area contributed by atoms with Gasteiger partial charge in [0, 0.05) is 13.0 Å². The third-order valence-corrected chi connectivity index (χ3v) is 8.99. The van der Waals surface area contributed by atoms with Gasteiger partial charge in [0.05, 0.1) is 19.0 Å². The molecule has 5 atom stereocenters. The van der Waals surface area contributed by atoms with Crippen molar-refractivity contribution in [3.05, 3.63) is 107 Å². The van der Waals surface area contributed by atoms with Crippen LogP contribution in [0.15, 0.2) is 68.0 Å². The fourth-order valence-electron chi connectivity index (χ4n) is 5.92. The van der Waals surface area contributed by atoms with E-state index in [0.717, 1.165) is 12.0 Å². The highest BCUT2D eigenvalue weighted by molar-refractivity contribution is 5.49. The number of benzene rings is 2. The van der Waals surface area contributed by atoms with Crippen molar-refractivity contribution in [3.63, 3.8) is 0 Å². The van der Waals surface area contributed by atoms with Gasteiger partial charge in [-0.15, -0.1) is 13.2 Å². The lowest BCUT2D eigenvalue weighted by atomic mass is 9.81. The molecule has 5 nitrogen and oxygen atoms in total. The Labute approximate surface area is 259 Å². The van der Waals surface area contributed by atoms with Crippen LogP contribution in [0.3, 0.4) is 0 Å². The van der Waals surface area contributed by atoms with E-state index >= 15 is 0 Å². The minimum atomic E-state index is -0.983. The van der Waals surface area contributed by atoms with Crippen molar-refractivity contribution in [2.24, 2.45) is 0 Å². The van der Waals surface area contributed by atoms with Crippen LogP contribution in [0.25, 0.3) is 0 Å². The summed E-state index contributed by atoms with van der Waals surface area (Å²) in [5.41, 5.74) is 8.00. The third-order valence-electron chi connectivity index (χ3n) is 8.99. The van der Waals surface area contributed by atoms with Crippen molar-refractivity contribution in [3.8, 4) is 12.5 Å². The molecule has 2 aromatic rings. The van der Waals surface area contributed by atoms with Crippen molar-refractivity contribution >= 4 is 0 Å². The molecule has 1 heterocycles. The summed E-state index contributed by atoms with van der Waals surface area (Å²) in [7, 11) is 0. The SMILES string of the molecule is C#CO[C@@]1(C)[C@H](CC=C)O[C@H](CC=C)[C@@H](OC(=C)CCCOCc2c(C)c(C)c(C)c(C)c2C)[C@@H]1OCc1ccccc1. The maximum absolute atomic E-state index is 6.59. The number of allylic oxidation sites excluding steroid dienone is 1. The average Bonchev–Trinajstić information content (AvgIpc) is 2.99. The lowest BCUT2D eigenvalue weighted by Crippen LogP contribution is -2.66. The molecule has 1 aliphatic rings. The highest BCUT2D eigenvalue weighted by atomic mass is 16.6. The average molecular weight is 587 g/mol. The first-order chi connectivity index (χ1) is 20.6. The van der Waals surface area contributed by atoms with Gasteiger partial charge in [0.1, 0.15) is 24.4 Å². The molecule has 0 saturated carbocycles. The van der Waals surface area contributed by atoms with Crippen LogP contribution in [0.1, 0.15) is 71.6 Å². The molecule has 0 spiro atoms. The van der Waals surface area contributed by atoms with Crippen LogP contribution < -0.4 is 0 Å². The highest BCUT2D eigenvalue weighted by Gasteiger charge is 2.57. The van der Waals surface area contributed by atoms with Crippen LogP contribution in [0.2, 0.25) is 0 Å². The van der Waals surface area contributed by atoms with Crippen molar-refractivity contribution in [2.75, 3.05) is 6.61 Å². The minimum Gasteiger partial charge on any atom is -0.490 e. The maximum atomic E-state index is 6.59. The van der Waals surface area contributed by atoms with Gasteiger partial charge in [0.15, 0.2) is 11.7 Å². The molecule has 43 heavy (non-hydrogen) atoms. The summed E-state index contributed by atoms with van der Waals surface area (Å²) in [6, 6.07) is 10.0. The summed E-state index contributed by atoms with van der Waals surface area (Å²) < 4.78 is 31.8. The molecule has 232 valence electrons. The predicted molar refractivity (Wildman–Crippen MR) is 175 cm³/mol. The Balaban J connectivity index is 1.71. The Morgan fingerprint density at radius 1 is 0.953 bits per heavy atom. The Hall–Kier alpha value is -3.30. The van der Waals surface area contributed by atoms with Crippen molar-refractivity contribution in [1.82, 2.24) is 0 Å². The molecular formula is C38H50O5. The summed E-state index contributed by atoms with van der Waals surface area (Å²) >= 11 is 0. The molecule has 0 amide bonds. The van der Waals surface area contributed by atoms with Gasteiger partial charge >= 0.3 is 0 Å². The third kappa shape index (κ3) is 8.21. The van der Waals surface area contributed by atoms with Gasteiger partial charge in [0.25, 0.3) is 0 Å². The fourth-order valence-corrected chi connectivity index (χ4v) is 5.92. The summed E-state index contributed by atoms with van der Waals surface area (Å²) in [5.74, 6) is 0.638. The number of ether oxygens (including phenoxy) is 5. The molecule has 1 saturated heterocycles. The molecule has 2 aromatic carbocycles. The van der Waals surface area contributed by atoms with Crippen LogP contribution in [0.4, 0.5) is 0 Å². The normalized spacial score (nSPS) is 23.3. The first kappa shape index (κ1) is 34.2. The Morgan fingerprint density at radius 3 is 2.19 bits per heavy atom. The summed E-state index contributed by atoms with van der Waals surface area (Å²) in [4.78, 5) is 0. The van der Waals surface area contributed by atoms with Crippen LogP contribution >= 0.6 is 0 Å². The smallest absolute Gasteiger partial charge is 0.174 e. The van der Waals surface area contributed by atoms with E-state index < -0.39 is 17.8 Å². The van der Waals surface area contributed by atoms with Gasteiger partial charge in [0.2, 0.25) is 0 Å².